The van der Waals surface area contributed by atoms with Crippen molar-refractivity contribution >= 4 is 12.0 Å². The van der Waals surface area contributed by atoms with Gasteiger partial charge in [0.15, 0.2) is 0 Å². The van der Waals surface area contributed by atoms with Gasteiger partial charge in [-0.2, -0.15) is 5.26 Å². The zero-order chi connectivity index (χ0) is 14.4. The van der Waals surface area contributed by atoms with Gasteiger partial charge in [0, 0.05) is 17.8 Å². The summed E-state index contributed by atoms with van der Waals surface area (Å²) in [6, 6.07) is 12.1. The van der Waals surface area contributed by atoms with Crippen LogP contribution in [0.2, 0.25) is 0 Å². The number of carboxylic acids is 1. The Kier molecular flexibility index (Phi) is 4.10. The molecule has 0 amide bonds. The standard InChI is InChI=1S/C15H10N2O3/c16-10-12-4-1-2-6-13(12)20-15-11(5-3-9-17-15)7-8-14(18)19/h1-9H,(H,18,19)/b8-7+. The predicted molar refractivity (Wildman–Crippen MR) is 72.1 cm³/mol. The summed E-state index contributed by atoms with van der Waals surface area (Å²) in [5.41, 5.74) is 0.897. The lowest BCUT2D eigenvalue weighted by molar-refractivity contribution is -0.131. The Hall–Kier alpha value is -3.13. The lowest BCUT2D eigenvalue weighted by atomic mass is 10.2. The molecule has 0 aliphatic rings. The van der Waals surface area contributed by atoms with Gasteiger partial charge in [0.25, 0.3) is 0 Å². The van der Waals surface area contributed by atoms with Gasteiger partial charge in [-0.3, -0.25) is 0 Å². The fraction of sp³-hybridized carbons (Fsp3) is 0. The number of ether oxygens (including phenoxy) is 1. The van der Waals surface area contributed by atoms with E-state index in [1.807, 2.05) is 6.07 Å². The number of aliphatic carboxylic acids is 1. The second kappa shape index (κ2) is 6.16. The molecule has 1 aromatic heterocycles. The summed E-state index contributed by atoms with van der Waals surface area (Å²) in [5, 5.41) is 17.6. The van der Waals surface area contributed by atoms with Crippen molar-refractivity contribution in [3.63, 3.8) is 0 Å². The molecule has 0 unspecified atom stereocenters. The van der Waals surface area contributed by atoms with Crippen LogP contribution in [0, 0.1) is 11.3 Å². The number of pyridine rings is 1. The van der Waals surface area contributed by atoms with E-state index >= 15 is 0 Å². The summed E-state index contributed by atoms with van der Waals surface area (Å²) in [5.74, 6) is -0.441. The maximum Gasteiger partial charge on any atom is 0.328 e. The van der Waals surface area contributed by atoms with Gasteiger partial charge in [-0.05, 0) is 30.3 Å². The van der Waals surface area contributed by atoms with Crippen molar-refractivity contribution < 1.29 is 14.6 Å². The van der Waals surface area contributed by atoms with Crippen molar-refractivity contribution in [1.29, 1.82) is 5.26 Å². The average Bonchev–Trinajstić information content (AvgIpc) is 2.47. The van der Waals surface area contributed by atoms with E-state index in [2.05, 4.69) is 4.98 Å². The number of rotatable bonds is 4. The van der Waals surface area contributed by atoms with Crippen molar-refractivity contribution in [3.05, 3.63) is 59.8 Å². The molecular formula is C15H10N2O3. The molecule has 0 aliphatic heterocycles. The van der Waals surface area contributed by atoms with E-state index in [0.29, 0.717) is 16.9 Å². The van der Waals surface area contributed by atoms with Crippen LogP contribution in [0.15, 0.2) is 48.7 Å². The van der Waals surface area contributed by atoms with Crippen molar-refractivity contribution in [2.45, 2.75) is 0 Å². The Morgan fingerprint density at radius 2 is 2.10 bits per heavy atom. The molecule has 0 bridgehead atoms. The van der Waals surface area contributed by atoms with Gasteiger partial charge < -0.3 is 9.84 Å². The Morgan fingerprint density at radius 3 is 2.85 bits per heavy atom. The van der Waals surface area contributed by atoms with Gasteiger partial charge in [0.05, 0.1) is 5.56 Å². The highest BCUT2D eigenvalue weighted by atomic mass is 16.5. The Morgan fingerprint density at radius 1 is 1.30 bits per heavy atom. The molecule has 0 saturated heterocycles. The smallest absolute Gasteiger partial charge is 0.328 e. The van der Waals surface area contributed by atoms with Gasteiger partial charge in [0.2, 0.25) is 5.88 Å². The quantitative estimate of drug-likeness (QED) is 0.860. The molecule has 0 radical (unpaired) electrons. The molecule has 5 heteroatoms. The molecule has 1 N–H and O–H groups in total. The van der Waals surface area contributed by atoms with Gasteiger partial charge >= 0.3 is 5.97 Å². The Labute approximate surface area is 115 Å². The fourth-order valence-corrected chi connectivity index (χ4v) is 1.53. The number of benzene rings is 1. The van der Waals surface area contributed by atoms with E-state index in [1.165, 1.54) is 12.3 Å². The molecule has 98 valence electrons. The first-order valence-electron chi connectivity index (χ1n) is 5.73. The first kappa shape index (κ1) is 13.3. The predicted octanol–water partition coefficient (Wildman–Crippen LogP) is 2.84. The minimum Gasteiger partial charge on any atom is -0.478 e. The number of aromatic nitrogens is 1. The van der Waals surface area contributed by atoms with Crippen LogP contribution in [0.4, 0.5) is 0 Å². The average molecular weight is 266 g/mol. The molecule has 20 heavy (non-hydrogen) atoms. The number of nitriles is 1. The zero-order valence-electron chi connectivity index (χ0n) is 10.4. The molecule has 5 nitrogen and oxygen atoms in total. The van der Waals surface area contributed by atoms with E-state index in [1.54, 1.807) is 36.4 Å². The molecule has 0 spiro atoms. The van der Waals surface area contributed by atoms with E-state index in [0.717, 1.165) is 6.08 Å². The number of carbonyl (C=O) groups is 1. The highest BCUT2D eigenvalue weighted by molar-refractivity contribution is 5.85. The monoisotopic (exact) mass is 266 g/mol. The van der Waals surface area contributed by atoms with Crippen LogP contribution in [0.1, 0.15) is 11.1 Å². The largest absolute Gasteiger partial charge is 0.478 e. The lowest BCUT2D eigenvalue weighted by Crippen LogP contribution is -1.93. The van der Waals surface area contributed by atoms with Crippen molar-refractivity contribution in [2.24, 2.45) is 0 Å². The molecule has 1 heterocycles. The van der Waals surface area contributed by atoms with Gasteiger partial charge in [-0.1, -0.05) is 12.1 Å². The summed E-state index contributed by atoms with van der Waals surface area (Å²) in [6.45, 7) is 0. The minimum atomic E-state index is -1.06. The topological polar surface area (TPSA) is 83.2 Å². The van der Waals surface area contributed by atoms with Crippen molar-refractivity contribution in [1.82, 2.24) is 4.98 Å². The number of carboxylic acid groups (broad SMARTS) is 1. The third kappa shape index (κ3) is 3.21. The summed E-state index contributed by atoms with van der Waals surface area (Å²) < 4.78 is 5.59. The summed E-state index contributed by atoms with van der Waals surface area (Å²) in [6.07, 6.45) is 3.92. The van der Waals surface area contributed by atoms with Crippen LogP contribution >= 0.6 is 0 Å². The highest BCUT2D eigenvalue weighted by Gasteiger charge is 2.07. The molecule has 2 aromatic rings. The molecule has 0 atom stereocenters. The van der Waals surface area contributed by atoms with Crippen LogP contribution in [0.25, 0.3) is 6.08 Å². The summed E-state index contributed by atoms with van der Waals surface area (Å²) in [7, 11) is 0. The van der Waals surface area contributed by atoms with E-state index in [9.17, 15) is 4.79 Å². The van der Waals surface area contributed by atoms with Gasteiger partial charge in [0.1, 0.15) is 11.8 Å². The first-order chi connectivity index (χ1) is 9.70. The van der Waals surface area contributed by atoms with Gasteiger partial charge in [-0.15, -0.1) is 0 Å². The molecule has 2 rings (SSSR count). The molecule has 0 fully saturated rings. The number of nitrogens with zero attached hydrogens (tertiary/aromatic N) is 2. The van der Waals surface area contributed by atoms with Crippen molar-refractivity contribution in [3.8, 4) is 17.7 Å². The minimum absolute atomic E-state index is 0.243. The van der Waals surface area contributed by atoms with E-state index in [4.69, 9.17) is 15.1 Å². The molecule has 0 aliphatic carbocycles. The molecule has 1 aromatic carbocycles. The lowest BCUT2D eigenvalue weighted by Gasteiger charge is -2.08. The Balaban J connectivity index is 2.35. The van der Waals surface area contributed by atoms with Gasteiger partial charge in [-0.25, -0.2) is 9.78 Å². The van der Waals surface area contributed by atoms with E-state index < -0.39 is 5.97 Å². The number of hydrogen-bond acceptors (Lipinski definition) is 4. The molecule has 0 saturated carbocycles. The fourth-order valence-electron chi connectivity index (χ4n) is 1.53. The van der Waals surface area contributed by atoms with Crippen LogP contribution in [0.5, 0.6) is 11.6 Å². The van der Waals surface area contributed by atoms with Crippen LogP contribution in [-0.4, -0.2) is 16.1 Å². The third-order valence-corrected chi connectivity index (χ3v) is 2.42. The van der Waals surface area contributed by atoms with Crippen LogP contribution in [-0.2, 0) is 4.79 Å². The molecular weight excluding hydrogens is 256 g/mol. The number of hydrogen-bond donors (Lipinski definition) is 1. The highest BCUT2D eigenvalue weighted by Crippen LogP contribution is 2.26. The summed E-state index contributed by atoms with van der Waals surface area (Å²) >= 11 is 0. The normalized spacial score (nSPS) is 10.2. The number of para-hydroxylation sites is 1. The second-order valence-corrected chi connectivity index (χ2v) is 3.78. The van der Waals surface area contributed by atoms with Crippen LogP contribution < -0.4 is 4.74 Å². The van der Waals surface area contributed by atoms with Crippen molar-refractivity contribution in [2.75, 3.05) is 0 Å². The maximum absolute atomic E-state index is 10.6. The third-order valence-electron chi connectivity index (χ3n) is 2.42. The summed E-state index contributed by atoms with van der Waals surface area (Å²) in [4.78, 5) is 14.6. The first-order valence-corrected chi connectivity index (χ1v) is 5.73. The second-order valence-electron chi connectivity index (χ2n) is 3.78. The maximum atomic E-state index is 10.6. The SMILES string of the molecule is N#Cc1ccccc1Oc1ncccc1/C=C/C(=O)O. The van der Waals surface area contributed by atoms with E-state index in [-0.39, 0.29) is 5.88 Å². The van der Waals surface area contributed by atoms with Crippen LogP contribution in [0.3, 0.4) is 0 Å². The zero-order valence-corrected chi connectivity index (χ0v) is 10.4. The Bertz CT molecular complexity index is 702.